The molecule has 0 saturated heterocycles. The van der Waals surface area contributed by atoms with E-state index in [-0.39, 0.29) is 10.6 Å². The second-order valence-electron chi connectivity index (χ2n) is 5.10. The SMILES string of the molecule is COc1cc([N-]S(=O)(=O)c2ccc(C)cc2)c2ncccc2c1. The van der Waals surface area contributed by atoms with Crippen LogP contribution in [0, 0.1) is 6.92 Å². The van der Waals surface area contributed by atoms with Crippen LogP contribution in [0.4, 0.5) is 5.69 Å². The van der Waals surface area contributed by atoms with Gasteiger partial charge in [0.05, 0.1) is 17.5 Å². The molecule has 0 bridgehead atoms. The summed E-state index contributed by atoms with van der Waals surface area (Å²) < 4.78 is 34.2. The van der Waals surface area contributed by atoms with E-state index in [4.69, 9.17) is 4.74 Å². The Kier molecular flexibility index (Phi) is 3.92. The lowest BCUT2D eigenvalue weighted by atomic mass is 10.2. The predicted octanol–water partition coefficient (Wildman–Crippen LogP) is 3.95. The van der Waals surface area contributed by atoms with Crippen LogP contribution >= 0.6 is 0 Å². The van der Waals surface area contributed by atoms with Gasteiger partial charge in [0.15, 0.2) is 0 Å². The highest BCUT2D eigenvalue weighted by Crippen LogP contribution is 2.36. The van der Waals surface area contributed by atoms with Gasteiger partial charge in [0.2, 0.25) is 0 Å². The molecule has 0 amide bonds. The topological polar surface area (TPSA) is 70.4 Å². The minimum Gasteiger partial charge on any atom is -0.571 e. The lowest BCUT2D eigenvalue weighted by molar-refractivity contribution is 0.415. The Hall–Kier alpha value is -2.60. The summed E-state index contributed by atoms with van der Waals surface area (Å²) >= 11 is 0. The third kappa shape index (κ3) is 3.12. The van der Waals surface area contributed by atoms with Crippen LogP contribution in [0.5, 0.6) is 5.75 Å². The lowest BCUT2D eigenvalue weighted by Gasteiger charge is -2.24. The molecule has 0 aliphatic heterocycles. The van der Waals surface area contributed by atoms with Crippen LogP contribution < -0.4 is 4.74 Å². The van der Waals surface area contributed by atoms with Crippen molar-refractivity contribution in [3.8, 4) is 5.75 Å². The van der Waals surface area contributed by atoms with E-state index < -0.39 is 10.0 Å². The molecule has 0 spiro atoms. The Morgan fingerprint density at radius 2 is 1.83 bits per heavy atom. The van der Waals surface area contributed by atoms with Gasteiger partial charge in [0, 0.05) is 11.6 Å². The second kappa shape index (κ2) is 5.89. The van der Waals surface area contributed by atoms with Crippen LogP contribution in [0.1, 0.15) is 5.56 Å². The fraction of sp³-hybridized carbons (Fsp3) is 0.118. The molecule has 1 aromatic heterocycles. The van der Waals surface area contributed by atoms with Crippen LogP contribution in [-0.4, -0.2) is 20.5 Å². The van der Waals surface area contributed by atoms with Gasteiger partial charge in [-0.05, 0) is 37.3 Å². The van der Waals surface area contributed by atoms with Gasteiger partial charge in [-0.3, -0.25) is 4.98 Å². The molecule has 23 heavy (non-hydrogen) atoms. The number of benzene rings is 2. The molecule has 5 nitrogen and oxygen atoms in total. The number of hydrogen-bond donors (Lipinski definition) is 0. The monoisotopic (exact) mass is 327 g/mol. The number of hydrogen-bond acceptors (Lipinski definition) is 4. The summed E-state index contributed by atoms with van der Waals surface area (Å²) in [5.74, 6) is 0.531. The highest BCUT2D eigenvalue weighted by atomic mass is 32.2. The standard InChI is InChI=1S/C17H15N2O3S/c1-12-5-7-15(8-6-12)23(20,21)19-16-11-14(22-2)10-13-4-3-9-18-17(13)16/h3-11H,1-2H3/q-1. The van der Waals surface area contributed by atoms with E-state index >= 15 is 0 Å². The molecule has 0 N–H and O–H groups in total. The molecule has 3 aromatic rings. The number of pyridine rings is 1. The van der Waals surface area contributed by atoms with Crippen molar-refractivity contribution < 1.29 is 13.2 Å². The van der Waals surface area contributed by atoms with Gasteiger partial charge in [-0.15, -0.1) is 0 Å². The van der Waals surface area contributed by atoms with Crippen molar-refractivity contribution in [2.75, 3.05) is 7.11 Å². The number of nitrogens with zero attached hydrogens (tertiary/aromatic N) is 2. The van der Waals surface area contributed by atoms with E-state index in [2.05, 4.69) is 9.71 Å². The highest BCUT2D eigenvalue weighted by molar-refractivity contribution is 7.94. The zero-order valence-electron chi connectivity index (χ0n) is 12.7. The molecule has 2 aromatic carbocycles. The summed E-state index contributed by atoms with van der Waals surface area (Å²) in [6.45, 7) is 1.90. The number of sulfonamides is 1. The van der Waals surface area contributed by atoms with E-state index in [1.165, 1.54) is 7.11 Å². The molecule has 0 aliphatic carbocycles. The Balaban J connectivity index is 2.08. The van der Waals surface area contributed by atoms with Crippen LogP contribution in [0.2, 0.25) is 0 Å². The number of methoxy groups -OCH3 is 1. The molecule has 1 heterocycles. The first-order valence-corrected chi connectivity index (χ1v) is 8.41. The van der Waals surface area contributed by atoms with E-state index in [1.807, 2.05) is 13.0 Å². The minimum absolute atomic E-state index is 0.148. The predicted molar refractivity (Wildman–Crippen MR) is 89.7 cm³/mol. The van der Waals surface area contributed by atoms with Crippen LogP contribution in [0.15, 0.2) is 59.6 Å². The molecule has 0 unspecified atom stereocenters. The van der Waals surface area contributed by atoms with Gasteiger partial charge in [-0.1, -0.05) is 29.4 Å². The van der Waals surface area contributed by atoms with Gasteiger partial charge in [-0.25, -0.2) is 8.42 Å². The van der Waals surface area contributed by atoms with E-state index in [0.717, 1.165) is 10.9 Å². The molecule has 118 valence electrons. The first kappa shape index (κ1) is 15.3. The molecule has 3 rings (SSSR count). The summed E-state index contributed by atoms with van der Waals surface area (Å²) in [4.78, 5) is 4.38. The van der Waals surface area contributed by atoms with E-state index in [1.54, 1.807) is 48.7 Å². The van der Waals surface area contributed by atoms with E-state index in [0.29, 0.717) is 11.3 Å². The molecule has 0 fully saturated rings. The summed E-state index contributed by atoms with van der Waals surface area (Å²) in [6.07, 6.45) is 1.60. The van der Waals surface area contributed by atoms with Gasteiger partial charge in [-0.2, -0.15) is 0 Å². The Bertz CT molecular complexity index is 951. The third-order valence-electron chi connectivity index (χ3n) is 3.43. The fourth-order valence-corrected chi connectivity index (χ4v) is 3.21. The number of aryl methyl sites for hydroxylation is 1. The molecule has 6 heteroatoms. The molecule has 0 saturated carbocycles. The van der Waals surface area contributed by atoms with Gasteiger partial charge in [0.25, 0.3) is 0 Å². The van der Waals surface area contributed by atoms with Crippen LogP contribution in [-0.2, 0) is 10.0 Å². The molecule has 0 aliphatic rings. The highest BCUT2D eigenvalue weighted by Gasteiger charge is 2.07. The average molecular weight is 327 g/mol. The van der Waals surface area contributed by atoms with Crippen molar-refractivity contribution in [2.45, 2.75) is 11.8 Å². The third-order valence-corrected chi connectivity index (χ3v) is 4.74. The quantitative estimate of drug-likeness (QED) is 0.727. The summed E-state index contributed by atoms with van der Waals surface area (Å²) in [6, 6.07) is 13.5. The zero-order valence-corrected chi connectivity index (χ0v) is 13.5. The molecule has 0 atom stereocenters. The van der Waals surface area contributed by atoms with Crippen molar-refractivity contribution in [3.05, 3.63) is 65.0 Å². The summed E-state index contributed by atoms with van der Waals surface area (Å²) in [5.41, 5.74) is 1.77. The number of fused-ring (bicyclic) bond motifs is 1. The van der Waals surface area contributed by atoms with Crippen molar-refractivity contribution in [1.82, 2.24) is 4.98 Å². The van der Waals surface area contributed by atoms with Crippen molar-refractivity contribution in [2.24, 2.45) is 0 Å². The van der Waals surface area contributed by atoms with Crippen molar-refractivity contribution in [3.63, 3.8) is 0 Å². The maximum Gasteiger partial charge on any atom is 0.123 e. The Morgan fingerprint density at radius 3 is 2.52 bits per heavy atom. The average Bonchev–Trinajstić information content (AvgIpc) is 2.54. The van der Waals surface area contributed by atoms with Crippen molar-refractivity contribution in [1.29, 1.82) is 0 Å². The first-order chi connectivity index (χ1) is 11.0. The zero-order chi connectivity index (χ0) is 16.4. The minimum atomic E-state index is -3.82. The summed E-state index contributed by atoms with van der Waals surface area (Å²) in [7, 11) is -2.29. The first-order valence-electron chi connectivity index (χ1n) is 6.97. The van der Waals surface area contributed by atoms with Gasteiger partial charge >= 0.3 is 0 Å². The maximum absolute atomic E-state index is 12.5. The van der Waals surface area contributed by atoms with Gasteiger partial charge < -0.3 is 9.46 Å². The number of ether oxygens (including phenoxy) is 1. The molecule has 0 radical (unpaired) electrons. The molecular formula is C17H15N2O3S-. The smallest absolute Gasteiger partial charge is 0.123 e. The van der Waals surface area contributed by atoms with E-state index in [9.17, 15) is 8.42 Å². The Labute approximate surface area is 135 Å². The molecular weight excluding hydrogens is 312 g/mol. The fourth-order valence-electron chi connectivity index (χ4n) is 2.23. The number of aromatic nitrogens is 1. The lowest BCUT2D eigenvalue weighted by Crippen LogP contribution is -1.98. The number of rotatable bonds is 4. The maximum atomic E-state index is 12.5. The largest absolute Gasteiger partial charge is 0.571 e. The van der Waals surface area contributed by atoms with Gasteiger partial charge in [0.1, 0.15) is 15.8 Å². The van der Waals surface area contributed by atoms with Crippen molar-refractivity contribution >= 4 is 26.6 Å². The van der Waals surface area contributed by atoms with Crippen LogP contribution in [0.25, 0.3) is 15.6 Å². The summed E-state index contributed by atoms with van der Waals surface area (Å²) in [5, 5.41) is 0.768. The van der Waals surface area contributed by atoms with Crippen LogP contribution in [0.3, 0.4) is 0 Å². The second-order valence-corrected chi connectivity index (χ2v) is 6.71. The normalized spacial score (nSPS) is 11.4. The Morgan fingerprint density at radius 1 is 1.09 bits per heavy atom.